The zero-order valence-electron chi connectivity index (χ0n) is 10.8. The molecule has 0 amide bonds. The Kier molecular flexibility index (Phi) is 3.88. The fraction of sp³-hybridized carbons (Fsp3) is 0.250. The zero-order chi connectivity index (χ0) is 14.1. The highest BCUT2D eigenvalue weighted by Gasteiger charge is 2.23. The molecule has 0 spiro atoms. The molecule has 3 rings (SSSR count). The highest BCUT2D eigenvalue weighted by molar-refractivity contribution is 6.35. The van der Waals surface area contributed by atoms with Crippen LogP contribution in [0.3, 0.4) is 0 Å². The van der Waals surface area contributed by atoms with E-state index in [1.165, 1.54) is 0 Å². The summed E-state index contributed by atoms with van der Waals surface area (Å²) in [6.45, 7) is 0.391. The molecule has 0 bridgehead atoms. The van der Waals surface area contributed by atoms with E-state index < -0.39 is 0 Å². The molecule has 1 aliphatic carbocycles. The first-order valence-electron chi connectivity index (χ1n) is 6.52. The predicted molar refractivity (Wildman–Crippen MR) is 80.5 cm³/mol. The molecule has 0 aliphatic heterocycles. The minimum Gasteiger partial charge on any atom is -0.489 e. The maximum absolute atomic E-state index is 9.87. The molecule has 2 aromatic carbocycles. The second-order valence-corrected chi connectivity index (χ2v) is 5.75. The lowest BCUT2D eigenvalue weighted by molar-refractivity contribution is 0.180. The number of halogens is 2. The van der Waals surface area contributed by atoms with Crippen molar-refractivity contribution in [1.29, 1.82) is 0 Å². The number of aliphatic hydroxyl groups excluding tert-OH is 1. The van der Waals surface area contributed by atoms with Crippen molar-refractivity contribution in [3.63, 3.8) is 0 Å². The maximum Gasteiger partial charge on any atom is 0.123 e. The summed E-state index contributed by atoms with van der Waals surface area (Å²) in [4.78, 5) is 0. The summed E-state index contributed by atoms with van der Waals surface area (Å²) in [6, 6.07) is 11.2. The molecule has 20 heavy (non-hydrogen) atoms. The van der Waals surface area contributed by atoms with Crippen molar-refractivity contribution in [2.75, 3.05) is 0 Å². The van der Waals surface area contributed by atoms with Crippen LogP contribution in [-0.4, -0.2) is 5.11 Å². The van der Waals surface area contributed by atoms with E-state index in [0.29, 0.717) is 16.7 Å². The molecule has 2 aromatic rings. The van der Waals surface area contributed by atoms with E-state index >= 15 is 0 Å². The van der Waals surface area contributed by atoms with Crippen LogP contribution in [0.4, 0.5) is 0 Å². The normalized spacial score (nSPS) is 17.1. The average Bonchev–Trinajstić information content (AvgIpc) is 2.80. The van der Waals surface area contributed by atoms with Gasteiger partial charge in [-0.1, -0.05) is 41.4 Å². The minimum atomic E-state index is -0.368. The Balaban J connectivity index is 1.79. The first kappa shape index (κ1) is 13.7. The highest BCUT2D eigenvalue weighted by atomic mass is 35.5. The van der Waals surface area contributed by atoms with Crippen LogP contribution in [0.2, 0.25) is 10.0 Å². The Labute approximate surface area is 127 Å². The third-order valence-corrected chi connectivity index (χ3v) is 4.18. The van der Waals surface area contributed by atoms with Crippen LogP contribution >= 0.6 is 23.2 Å². The van der Waals surface area contributed by atoms with Crippen LogP contribution in [0.25, 0.3) is 0 Å². The number of rotatable bonds is 3. The Morgan fingerprint density at radius 2 is 2.05 bits per heavy atom. The summed E-state index contributed by atoms with van der Waals surface area (Å²) in [5.74, 6) is 0.824. The molecular formula is C16H14Cl2O2. The topological polar surface area (TPSA) is 29.5 Å². The van der Waals surface area contributed by atoms with Gasteiger partial charge in [-0.2, -0.15) is 0 Å². The van der Waals surface area contributed by atoms with E-state index in [2.05, 4.69) is 0 Å². The van der Waals surface area contributed by atoms with Gasteiger partial charge in [-0.15, -0.1) is 0 Å². The number of hydrogen-bond acceptors (Lipinski definition) is 2. The number of aliphatic hydroxyl groups is 1. The molecule has 0 heterocycles. The van der Waals surface area contributed by atoms with Gasteiger partial charge < -0.3 is 9.84 Å². The second-order valence-electron chi connectivity index (χ2n) is 4.90. The Bertz CT molecular complexity index is 640. The monoisotopic (exact) mass is 308 g/mol. The van der Waals surface area contributed by atoms with Gasteiger partial charge in [-0.3, -0.25) is 0 Å². The average molecular weight is 309 g/mol. The Morgan fingerprint density at radius 1 is 1.20 bits per heavy atom. The predicted octanol–water partition coefficient (Wildman–Crippen LogP) is 4.55. The van der Waals surface area contributed by atoms with Crippen LogP contribution in [0.5, 0.6) is 5.75 Å². The summed E-state index contributed by atoms with van der Waals surface area (Å²) in [5.41, 5.74) is 2.97. The molecule has 1 atom stereocenters. The van der Waals surface area contributed by atoms with Gasteiger partial charge in [0.1, 0.15) is 12.4 Å². The zero-order valence-corrected chi connectivity index (χ0v) is 12.3. The Morgan fingerprint density at radius 3 is 2.85 bits per heavy atom. The first-order valence-corrected chi connectivity index (χ1v) is 7.27. The SMILES string of the molecule is OC1CCc2c(OCc3ccc(Cl)cc3Cl)cccc21. The number of ether oxygens (including phenoxy) is 1. The number of fused-ring (bicyclic) bond motifs is 1. The summed E-state index contributed by atoms with van der Waals surface area (Å²) in [6.07, 6.45) is 1.24. The molecule has 2 nitrogen and oxygen atoms in total. The van der Waals surface area contributed by atoms with Crippen LogP contribution in [0, 0.1) is 0 Å². The van der Waals surface area contributed by atoms with E-state index in [1.807, 2.05) is 24.3 Å². The van der Waals surface area contributed by atoms with Gasteiger partial charge in [0.05, 0.1) is 6.10 Å². The lowest BCUT2D eigenvalue weighted by atomic mass is 10.1. The first-order chi connectivity index (χ1) is 9.65. The van der Waals surface area contributed by atoms with Crippen LogP contribution in [0.15, 0.2) is 36.4 Å². The molecule has 0 radical (unpaired) electrons. The van der Waals surface area contributed by atoms with E-state index in [0.717, 1.165) is 35.3 Å². The summed E-state index contributed by atoms with van der Waals surface area (Å²) < 4.78 is 5.87. The third-order valence-electron chi connectivity index (χ3n) is 3.59. The number of hydrogen-bond donors (Lipinski definition) is 1. The molecule has 1 aliphatic rings. The number of benzene rings is 2. The molecule has 1 N–H and O–H groups in total. The smallest absolute Gasteiger partial charge is 0.123 e. The minimum absolute atomic E-state index is 0.368. The fourth-order valence-electron chi connectivity index (χ4n) is 2.53. The molecule has 0 saturated heterocycles. The summed E-state index contributed by atoms with van der Waals surface area (Å²) >= 11 is 12.0. The van der Waals surface area contributed by atoms with Crippen molar-refractivity contribution >= 4 is 23.2 Å². The highest BCUT2D eigenvalue weighted by Crippen LogP contribution is 2.37. The van der Waals surface area contributed by atoms with E-state index in [1.54, 1.807) is 12.1 Å². The Hall–Kier alpha value is -1.22. The quantitative estimate of drug-likeness (QED) is 0.901. The molecule has 104 valence electrons. The maximum atomic E-state index is 9.87. The molecule has 1 unspecified atom stereocenters. The van der Waals surface area contributed by atoms with E-state index in [-0.39, 0.29) is 6.10 Å². The van der Waals surface area contributed by atoms with Crippen molar-refractivity contribution in [2.24, 2.45) is 0 Å². The van der Waals surface area contributed by atoms with Gasteiger partial charge in [0.15, 0.2) is 0 Å². The van der Waals surface area contributed by atoms with Crippen molar-refractivity contribution < 1.29 is 9.84 Å². The third kappa shape index (κ3) is 2.64. The summed E-state index contributed by atoms with van der Waals surface area (Å²) in [5, 5.41) is 11.1. The van der Waals surface area contributed by atoms with Gasteiger partial charge in [-0.25, -0.2) is 0 Å². The van der Waals surface area contributed by atoms with E-state index in [9.17, 15) is 5.11 Å². The van der Waals surface area contributed by atoms with Gasteiger partial charge >= 0.3 is 0 Å². The van der Waals surface area contributed by atoms with Gasteiger partial charge in [0.2, 0.25) is 0 Å². The van der Waals surface area contributed by atoms with E-state index in [4.69, 9.17) is 27.9 Å². The van der Waals surface area contributed by atoms with Crippen molar-refractivity contribution in [1.82, 2.24) is 0 Å². The van der Waals surface area contributed by atoms with Crippen molar-refractivity contribution in [3.05, 3.63) is 63.1 Å². The second kappa shape index (κ2) is 5.65. The standard InChI is InChI=1S/C16H14Cl2O2/c17-11-5-4-10(14(18)8-11)9-20-16-3-1-2-12-13(16)6-7-15(12)19/h1-5,8,15,19H,6-7,9H2. The van der Waals surface area contributed by atoms with Crippen molar-refractivity contribution in [2.45, 2.75) is 25.6 Å². The van der Waals surface area contributed by atoms with Crippen LogP contribution in [-0.2, 0) is 13.0 Å². The fourth-order valence-corrected chi connectivity index (χ4v) is 2.99. The van der Waals surface area contributed by atoms with Gasteiger partial charge in [0.25, 0.3) is 0 Å². The van der Waals surface area contributed by atoms with Crippen molar-refractivity contribution in [3.8, 4) is 5.75 Å². The summed E-state index contributed by atoms with van der Waals surface area (Å²) in [7, 11) is 0. The molecule has 0 fully saturated rings. The van der Waals surface area contributed by atoms with Crippen LogP contribution in [0.1, 0.15) is 29.2 Å². The molecular weight excluding hydrogens is 295 g/mol. The molecule has 4 heteroatoms. The van der Waals surface area contributed by atoms with Gasteiger partial charge in [-0.05, 0) is 36.6 Å². The molecule has 0 saturated carbocycles. The largest absolute Gasteiger partial charge is 0.489 e. The lowest BCUT2D eigenvalue weighted by Crippen LogP contribution is -1.99. The van der Waals surface area contributed by atoms with Gasteiger partial charge in [0, 0.05) is 21.2 Å². The molecule has 0 aromatic heterocycles. The van der Waals surface area contributed by atoms with Crippen LogP contribution < -0.4 is 4.74 Å². The lowest BCUT2D eigenvalue weighted by Gasteiger charge is -2.12.